The van der Waals surface area contributed by atoms with Crippen molar-refractivity contribution in [3.63, 3.8) is 0 Å². The average molecular weight is 265 g/mol. The second kappa shape index (κ2) is 8.18. The Labute approximate surface area is 117 Å². The van der Waals surface area contributed by atoms with Crippen LogP contribution in [0.2, 0.25) is 0 Å². The summed E-state index contributed by atoms with van der Waals surface area (Å²) in [5, 5.41) is 0. The Hall–Kier alpha value is -1.06. The number of nitrogens with zero attached hydrogens (tertiary/aromatic N) is 1. The molecule has 3 heteroatoms. The van der Waals surface area contributed by atoms with Gasteiger partial charge >= 0.3 is 0 Å². The molecule has 0 atom stereocenters. The van der Waals surface area contributed by atoms with Gasteiger partial charge in [0, 0.05) is 31.6 Å². The van der Waals surface area contributed by atoms with Crippen molar-refractivity contribution in [1.29, 1.82) is 0 Å². The van der Waals surface area contributed by atoms with E-state index in [0.29, 0.717) is 0 Å². The molecule has 2 aliphatic heterocycles. The summed E-state index contributed by atoms with van der Waals surface area (Å²) in [6.07, 6.45) is 9.80. The Kier molecular flexibility index (Phi) is 6.89. The molecule has 0 radical (unpaired) electrons. The molecule has 0 aromatic rings. The van der Waals surface area contributed by atoms with Gasteiger partial charge in [0.05, 0.1) is 13.2 Å². The molecule has 3 nitrogen and oxygen atoms in total. The van der Waals surface area contributed by atoms with Crippen molar-refractivity contribution in [1.82, 2.24) is 4.90 Å². The highest BCUT2D eigenvalue weighted by Crippen LogP contribution is 2.32. The zero-order chi connectivity index (χ0) is 14.1. The Morgan fingerprint density at radius 1 is 1.11 bits per heavy atom. The topological polar surface area (TPSA) is 21.7 Å². The molecule has 19 heavy (non-hydrogen) atoms. The first kappa shape index (κ1) is 16.0. The van der Waals surface area contributed by atoms with E-state index in [2.05, 4.69) is 24.5 Å². The van der Waals surface area contributed by atoms with E-state index in [1.807, 2.05) is 26.0 Å². The van der Waals surface area contributed by atoms with Crippen molar-refractivity contribution < 1.29 is 9.47 Å². The van der Waals surface area contributed by atoms with Crippen LogP contribution in [0.25, 0.3) is 0 Å². The van der Waals surface area contributed by atoms with Gasteiger partial charge in [-0.3, -0.25) is 0 Å². The maximum Gasteiger partial charge on any atom is 0.171 e. The third kappa shape index (κ3) is 4.51. The van der Waals surface area contributed by atoms with Crippen LogP contribution in [0, 0.1) is 0 Å². The number of hydrogen-bond donors (Lipinski definition) is 0. The summed E-state index contributed by atoms with van der Waals surface area (Å²) in [6, 6.07) is 0. The molecule has 0 saturated carbocycles. The van der Waals surface area contributed by atoms with Crippen LogP contribution in [-0.4, -0.2) is 37.0 Å². The third-order valence-corrected chi connectivity index (χ3v) is 3.42. The molecule has 0 aromatic heterocycles. The quantitative estimate of drug-likeness (QED) is 0.729. The van der Waals surface area contributed by atoms with E-state index in [0.717, 1.165) is 39.1 Å². The molecule has 0 amide bonds. The maximum atomic E-state index is 5.71. The molecule has 0 aromatic carbocycles. The highest BCUT2D eigenvalue weighted by atomic mass is 16.7. The molecule has 2 saturated heterocycles. The summed E-state index contributed by atoms with van der Waals surface area (Å²) in [5.41, 5.74) is 1.29. The molecule has 2 rings (SSSR count). The van der Waals surface area contributed by atoms with Crippen molar-refractivity contribution in [3.8, 4) is 0 Å². The minimum atomic E-state index is -0.270. The van der Waals surface area contributed by atoms with Gasteiger partial charge in [0.1, 0.15) is 0 Å². The standard InChI is InChI=1S/C14H21NO2.C2H6/c1-3-4-5-6-13(2)15-9-7-14(8-10-15)16-11-12-17-14;1-2/h3-6H,1,7-12H2,2H3;1-2H3/b5-4-,13-6+;. The first-order valence-electron chi connectivity index (χ1n) is 7.25. The zero-order valence-corrected chi connectivity index (χ0v) is 12.5. The van der Waals surface area contributed by atoms with Crippen molar-refractivity contribution in [2.75, 3.05) is 26.3 Å². The summed E-state index contributed by atoms with van der Waals surface area (Å²) in [6.45, 7) is 13.3. The van der Waals surface area contributed by atoms with Gasteiger partial charge in [-0.15, -0.1) is 0 Å². The maximum absolute atomic E-state index is 5.71. The summed E-state index contributed by atoms with van der Waals surface area (Å²) in [5.74, 6) is -0.270. The fraction of sp³-hybridized carbons (Fsp3) is 0.625. The predicted octanol–water partition coefficient (Wildman–Crippen LogP) is 3.50. The lowest BCUT2D eigenvalue weighted by molar-refractivity contribution is -0.182. The van der Waals surface area contributed by atoms with Crippen molar-refractivity contribution in [2.24, 2.45) is 0 Å². The molecule has 2 fully saturated rings. The van der Waals surface area contributed by atoms with E-state index in [9.17, 15) is 0 Å². The Balaban J connectivity index is 0.000000861. The molecule has 0 unspecified atom stereocenters. The Morgan fingerprint density at radius 2 is 1.68 bits per heavy atom. The normalized spacial score (nSPS) is 22.5. The number of hydrogen-bond acceptors (Lipinski definition) is 3. The smallest absolute Gasteiger partial charge is 0.171 e. The molecule has 2 heterocycles. The van der Waals surface area contributed by atoms with E-state index in [-0.39, 0.29) is 5.79 Å². The van der Waals surface area contributed by atoms with E-state index in [1.54, 1.807) is 6.08 Å². The van der Waals surface area contributed by atoms with Crippen molar-refractivity contribution in [3.05, 3.63) is 36.6 Å². The lowest BCUT2D eigenvalue weighted by Gasteiger charge is -2.39. The van der Waals surface area contributed by atoms with Gasteiger partial charge in [-0.05, 0) is 13.0 Å². The highest BCUT2D eigenvalue weighted by molar-refractivity contribution is 5.14. The van der Waals surface area contributed by atoms with Gasteiger partial charge in [0.15, 0.2) is 5.79 Å². The molecule has 1 spiro atoms. The van der Waals surface area contributed by atoms with Crippen LogP contribution in [-0.2, 0) is 9.47 Å². The number of piperidine rings is 1. The molecular weight excluding hydrogens is 238 g/mol. The minimum Gasteiger partial charge on any atom is -0.375 e. The third-order valence-electron chi connectivity index (χ3n) is 3.42. The summed E-state index contributed by atoms with van der Waals surface area (Å²) in [7, 11) is 0. The van der Waals surface area contributed by atoms with E-state index in [4.69, 9.17) is 9.47 Å². The van der Waals surface area contributed by atoms with Gasteiger partial charge in [0.2, 0.25) is 0 Å². The van der Waals surface area contributed by atoms with Crippen molar-refractivity contribution >= 4 is 0 Å². The van der Waals surface area contributed by atoms with Gasteiger partial charge in [0.25, 0.3) is 0 Å². The second-order valence-electron chi connectivity index (χ2n) is 4.52. The SMILES string of the molecule is C=C/C=C\C=C(/C)N1CCC2(CC1)OCCO2.CC. The van der Waals surface area contributed by atoms with E-state index < -0.39 is 0 Å². The van der Waals surface area contributed by atoms with Gasteiger partial charge in [-0.2, -0.15) is 0 Å². The van der Waals surface area contributed by atoms with Crippen LogP contribution >= 0.6 is 0 Å². The van der Waals surface area contributed by atoms with E-state index in [1.165, 1.54) is 5.70 Å². The minimum absolute atomic E-state index is 0.270. The van der Waals surface area contributed by atoms with Gasteiger partial charge < -0.3 is 14.4 Å². The summed E-state index contributed by atoms with van der Waals surface area (Å²) >= 11 is 0. The number of allylic oxidation sites excluding steroid dienone is 5. The van der Waals surface area contributed by atoms with Crippen LogP contribution < -0.4 is 0 Å². The molecule has 2 aliphatic rings. The van der Waals surface area contributed by atoms with Crippen LogP contribution in [0.4, 0.5) is 0 Å². The van der Waals surface area contributed by atoms with Crippen LogP contribution in [0.1, 0.15) is 33.6 Å². The molecule has 0 N–H and O–H groups in total. The lowest BCUT2D eigenvalue weighted by Crippen LogP contribution is -2.44. The van der Waals surface area contributed by atoms with Crippen LogP contribution in [0.5, 0.6) is 0 Å². The molecule has 0 aliphatic carbocycles. The Morgan fingerprint density at radius 3 is 2.21 bits per heavy atom. The molecular formula is C16H27NO2. The van der Waals surface area contributed by atoms with Crippen LogP contribution in [0.15, 0.2) is 36.6 Å². The summed E-state index contributed by atoms with van der Waals surface area (Å²) in [4.78, 5) is 2.38. The van der Waals surface area contributed by atoms with Gasteiger partial charge in [-0.1, -0.05) is 38.7 Å². The first-order valence-corrected chi connectivity index (χ1v) is 7.25. The molecule has 108 valence electrons. The first-order chi connectivity index (χ1) is 9.26. The fourth-order valence-corrected chi connectivity index (χ4v) is 2.36. The monoisotopic (exact) mass is 265 g/mol. The predicted molar refractivity (Wildman–Crippen MR) is 79.9 cm³/mol. The Bertz CT molecular complexity index is 318. The number of rotatable bonds is 3. The van der Waals surface area contributed by atoms with Crippen LogP contribution in [0.3, 0.4) is 0 Å². The van der Waals surface area contributed by atoms with Crippen molar-refractivity contribution in [2.45, 2.75) is 39.4 Å². The van der Waals surface area contributed by atoms with E-state index >= 15 is 0 Å². The van der Waals surface area contributed by atoms with Gasteiger partial charge in [-0.25, -0.2) is 0 Å². The largest absolute Gasteiger partial charge is 0.375 e. The average Bonchev–Trinajstić information content (AvgIpc) is 2.90. The zero-order valence-electron chi connectivity index (χ0n) is 12.5. The molecule has 0 bridgehead atoms. The highest BCUT2D eigenvalue weighted by Gasteiger charge is 2.39. The second-order valence-corrected chi connectivity index (χ2v) is 4.52. The fourth-order valence-electron chi connectivity index (χ4n) is 2.36. The lowest BCUT2D eigenvalue weighted by atomic mass is 10.0. The number of likely N-dealkylation sites (tertiary alicyclic amines) is 1. The summed E-state index contributed by atoms with van der Waals surface area (Å²) < 4.78 is 11.4. The number of ether oxygens (including phenoxy) is 2.